The Kier molecular flexibility index (Phi) is 12.2. The first-order valence-corrected chi connectivity index (χ1v) is 16.3. The standard InChI is InChI=1S/C34H48N4O6/c39-24-26-11-13-27(14-12-26)31-20-30(23-38-19-5-6-29(38)22-37-17-3-4-18-37)43-34(44-31)28-15-9-25(10-16-28)21-35-32(40)7-1-2-8-33(41)36-42/h9-16,29-31,34,39,42H,1-8,17-24H2,(H,35,40)(H,36,41)/t29-,30+,31-,34-/m0/s1. The molecule has 0 spiro atoms. The zero-order valence-corrected chi connectivity index (χ0v) is 25.7. The van der Waals surface area contributed by atoms with Crippen LogP contribution in [-0.4, -0.2) is 76.8 Å². The summed E-state index contributed by atoms with van der Waals surface area (Å²) in [5.41, 5.74) is 5.50. The van der Waals surface area contributed by atoms with Crippen LogP contribution in [-0.2, 0) is 32.2 Å². The largest absolute Gasteiger partial charge is 0.392 e. The van der Waals surface area contributed by atoms with Gasteiger partial charge in [0.1, 0.15) is 0 Å². The number of likely N-dealkylation sites (tertiary alicyclic amines) is 2. The van der Waals surface area contributed by atoms with Crippen molar-refractivity contribution in [3.05, 3.63) is 70.8 Å². The number of hydroxylamine groups is 1. The smallest absolute Gasteiger partial charge is 0.243 e. The van der Waals surface area contributed by atoms with Crippen LogP contribution in [0.1, 0.15) is 92.4 Å². The number of aliphatic hydroxyl groups excluding tert-OH is 1. The van der Waals surface area contributed by atoms with E-state index in [9.17, 15) is 14.7 Å². The number of unbranched alkanes of at least 4 members (excludes halogenated alkanes) is 1. The van der Waals surface area contributed by atoms with E-state index in [1.807, 2.05) is 36.4 Å². The third-order valence-electron chi connectivity index (χ3n) is 9.14. The lowest BCUT2D eigenvalue weighted by Crippen LogP contribution is -2.45. The minimum atomic E-state index is -0.504. The summed E-state index contributed by atoms with van der Waals surface area (Å²) in [5.74, 6) is -0.508. The maximum Gasteiger partial charge on any atom is 0.243 e. The zero-order valence-electron chi connectivity index (χ0n) is 25.7. The molecule has 10 heteroatoms. The van der Waals surface area contributed by atoms with Crippen LogP contribution < -0.4 is 10.8 Å². The van der Waals surface area contributed by atoms with Crippen molar-refractivity contribution in [3.63, 3.8) is 0 Å². The second kappa shape index (κ2) is 16.5. The van der Waals surface area contributed by atoms with Crippen LogP contribution in [0.25, 0.3) is 0 Å². The van der Waals surface area contributed by atoms with Crippen molar-refractivity contribution >= 4 is 11.8 Å². The molecule has 4 N–H and O–H groups in total. The first-order chi connectivity index (χ1) is 21.5. The maximum atomic E-state index is 12.2. The lowest BCUT2D eigenvalue weighted by molar-refractivity contribution is -0.253. The topological polar surface area (TPSA) is 124 Å². The van der Waals surface area contributed by atoms with E-state index in [0.717, 1.165) is 48.3 Å². The molecule has 2 amide bonds. The molecule has 0 radical (unpaired) electrons. The molecule has 0 bridgehead atoms. The van der Waals surface area contributed by atoms with Gasteiger partial charge in [0.15, 0.2) is 6.29 Å². The van der Waals surface area contributed by atoms with Gasteiger partial charge in [-0.1, -0.05) is 48.5 Å². The molecule has 3 heterocycles. The number of carbonyl (C=O) groups excluding carboxylic acids is 2. The molecular formula is C34H48N4O6. The number of ether oxygens (including phenoxy) is 2. The minimum Gasteiger partial charge on any atom is -0.392 e. The Morgan fingerprint density at radius 3 is 2.20 bits per heavy atom. The van der Waals surface area contributed by atoms with Gasteiger partial charge in [0.05, 0.1) is 18.8 Å². The van der Waals surface area contributed by atoms with Gasteiger partial charge in [0, 0.05) is 50.5 Å². The van der Waals surface area contributed by atoms with E-state index in [1.54, 1.807) is 5.48 Å². The number of amides is 2. The van der Waals surface area contributed by atoms with Crippen LogP contribution in [0, 0.1) is 0 Å². The molecule has 4 atom stereocenters. The third kappa shape index (κ3) is 9.32. The molecular weight excluding hydrogens is 560 g/mol. The van der Waals surface area contributed by atoms with Gasteiger partial charge in [-0.15, -0.1) is 0 Å². The first-order valence-electron chi connectivity index (χ1n) is 16.3. The van der Waals surface area contributed by atoms with Gasteiger partial charge < -0.3 is 24.8 Å². The molecule has 3 aliphatic heterocycles. The van der Waals surface area contributed by atoms with Crippen LogP contribution in [0.4, 0.5) is 0 Å². The molecule has 10 nitrogen and oxygen atoms in total. The Bertz CT molecular complexity index is 1190. The lowest BCUT2D eigenvalue weighted by Gasteiger charge is -2.39. The average Bonchev–Trinajstić information content (AvgIpc) is 3.74. The van der Waals surface area contributed by atoms with Crippen molar-refractivity contribution in [3.8, 4) is 0 Å². The van der Waals surface area contributed by atoms with E-state index in [4.69, 9.17) is 14.7 Å². The Hall–Kier alpha value is -2.86. The summed E-state index contributed by atoms with van der Waals surface area (Å²) in [4.78, 5) is 28.6. The van der Waals surface area contributed by atoms with Crippen LogP contribution in [0.2, 0.25) is 0 Å². The number of rotatable bonds is 14. The summed E-state index contributed by atoms with van der Waals surface area (Å²) in [5, 5.41) is 21.0. The van der Waals surface area contributed by atoms with Crippen LogP contribution >= 0.6 is 0 Å². The fourth-order valence-electron chi connectivity index (χ4n) is 6.61. The van der Waals surface area contributed by atoms with Gasteiger partial charge in [0.2, 0.25) is 11.8 Å². The van der Waals surface area contributed by atoms with Crippen molar-refractivity contribution < 1.29 is 29.4 Å². The fourth-order valence-corrected chi connectivity index (χ4v) is 6.61. The highest BCUT2D eigenvalue weighted by atomic mass is 16.7. The van der Waals surface area contributed by atoms with E-state index >= 15 is 0 Å². The molecule has 44 heavy (non-hydrogen) atoms. The molecule has 3 aliphatic rings. The van der Waals surface area contributed by atoms with E-state index in [1.165, 1.54) is 38.8 Å². The highest BCUT2D eigenvalue weighted by molar-refractivity contribution is 5.76. The van der Waals surface area contributed by atoms with Gasteiger partial charge in [-0.25, -0.2) is 5.48 Å². The highest BCUT2D eigenvalue weighted by Crippen LogP contribution is 2.39. The second-order valence-corrected chi connectivity index (χ2v) is 12.4. The van der Waals surface area contributed by atoms with E-state index in [0.29, 0.717) is 31.8 Å². The molecule has 3 fully saturated rings. The molecule has 0 aromatic heterocycles. The molecule has 2 aromatic carbocycles. The van der Waals surface area contributed by atoms with Gasteiger partial charge in [-0.2, -0.15) is 0 Å². The number of hydrogen-bond donors (Lipinski definition) is 4. The second-order valence-electron chi connectivity index (χ2n) is 12.4. The maximum absolute atomic E-state index is 12.2. The molecule has 5 rings (SSSR count). The summed E-state index contributed by atoms with van der Waals surface area (Å²) in [7, 11) is 0. The number of nitrogens with zero attached hydrogens (tertiary/aromatic N) is 2. The number of carbonyl (C=O) groups is 2. The first kappa shape index (κ1) is 32.5. The van der Waals surface area contributed by atoms with Gasteiger partial charge in [-0.3, -0.25) is 19.7 Å². The summed E-state index contributed by atoms with van der Waals surface area (Å²) in [6.45, 7) is 6.02. The fraction of sp³-hybridized carbons (Fsp3) is 0.588. The van der Waals surface area contributed by atoms with E-state index in [2.05, 4.69) is 27.2 Å². The van der Waals surface area contributed by atoms with Crippen LogP contribution in [0.5, 0.6) is 0 Å². The van der Waals surface area contributed by atoms with Crippen molar-refractivity contribution in [1.29, 1.82) is 0 Å². The van der Waals surface area contributed by atoms with Crippen LogP contribution in [0.15, 0.2) is 48.5 Å². The summed E-state index contributed by atoms with van der Waals surface area (Å²) < 4.78 is 13.2. The Balaban J connectivity index is 1.19. The Morgan fingerprint density at radius 2 is 1.50 bits per heavy atom. The number of hydrogen-bond acceptors (Lipinski definition) is 8. The normalized spacial score (nSPS) is 24.4. The van der Waals surface area contributed by atoms with Crippen LogP contribution in [0.3, 0.4) is 0 Å². The predicted molar refractivity (Wildman–Crippen MR) is 165 cm³/mol. The zero-order chi connectivity index (χ0) is 30.7. The molecule has 3 saturated heterocycles. The Labute approximate surface area is 260 Å². The average molecular weight is 609 g/mol. The van der Waals surface area contributed by atoms with E-state index < -0.39 is 12.2 Å². The quantitative estimate of drug-likeness (QED) is 0.144. The lowest BCUT2D eigenvalue weighted by atomic mass is 9.99. The van der Waals surface area contributed by atoms with Gasteiger partial charge in [0.25, 0.3) is 0 Å². The Morgan fingerprint density at radius 1 is 0.818 bits per heavy atom. The van der Waals surface area contributed by atoms with Crippen molar-refractivity contribution in [2.75, 3.05) is 32.7 Å². The number of benzene rings is 2. The summed E-state index contributed by atoms with van der Waals surface area (Å²) in [6, 6.07) is 16.6. The summed E-state index contributed by atoms with van der Waals surface area (Å²) >= 11 is 0. The number of nitrogens with one attached hydrogen (secondary N) is 2. The summed E-state index contributed by atoms with van der Waals surface area (Å²) in [6.07, 6.45) is 6.93. The molecule has 240 valence electrons. The predicted octanol–water partition coefficient (Wildman–Crippen LogP) is 3.97. The highest BCUT2D eigenvalue weighted by Gasteiger charge is 2.36. The molecule has 0 saturated carbocycles. The van der Waals surface area contributed by atoms with Crippen molar-refractivity contribution in [2.45, 2.75) is 95.5 Å². The number of aliphatic hydroxyl groups is 1. The molecule has 0 aliphatic carbocycles. The SMILES string of the molecule is O=C(CCCCC(=O)NCc1ccc([C@H]2O[C@@H](CN3CCC[C@H]3CN3CCCC3)C[C@@H](c3ccc(CO)cc3)O2)cc1)NO. The van der Waals surface area contributed by atoms with Gasteiger partial charge >= 0.3 is 0 Å². The minimum absolute atomic E-state index is 0.0175. The monoisotopic (exact) mass is 608 g/mol. The van der Waals surface area contributed by atoms with Crippen molar-refractivity contribution in [2.24, 2.45) is 0 Å². The van der Waals surface area contributed by atoms with Gasteiger partial charge in [-0.05, 0) is 74.8 Å². The van der Waals surface area contributed by atoms with E-state index in [-0.39, 0.29) is 31.1 Å². The molecule has 0 unspecified atom stereocenters. The third-order valence-corrected chi connectivity index (χ3v) is 9.14. The van der Waals surface area contributed by atoms with Crippen molar-refractivity contribution in [1.82, 2.24) is 20.6 Å². The molecule has 2 aromatic rings.